The molecular weight excluding hydrogens is 415 g/mol. The lowest BCUT2D eigenvalue weighted by Gasteiger charge is -2.11. The van der Waals surface area contributed by atoms with E-state index in [-0.39, 0.29) is 29.9 Å². The highest BCUT2D eigenvalue weighted by Gasteiger charge is 2.33. The van der Waals surface area contributed by atoms with E-state index in [0.717, 1.165) is 30.4 Å². The fraction of sp³-hybridized carbons (Fsp3) is 0.556. The molecule has 0 radical (unpaired) electrons. The van der Waals surface area contributed by atoms with E-state index in [1.165, 1.54) is 6.42 Å². The molecule has 1 amide bonds. The second kappa shape index (κ2) is 10.5. The molecule has 1 aromatic rings. The molecule has 1 fully saturated rings. The van der Waals surface area contributed by atoms with Crippen molar-refractivity contribution in [2.24, 2.45) is 10.9 Å². The van der Waals surface area contributed by atoms with E-state index in [1.807, 2.05) is 31.2 Å². The van der Waals surface area contributed by atoms with Gasteiger partial charge in [0.1, 0.15) is 0 Å². The Balaban J connectivity index is 0.00000288. The maximum Gasteiger partial charge on any atom is 0.251 e. The number of nitrogens with zero attached hydrogens (tertiary/aromatic N) is 1. The van der Waals surface area contributed by atoms with Gasteiger partial charge in [0.05, 0.1) is 6.54 Å². The van der Waals surface area contributed by atoms with Crippen LogP contribution in [-0.4, -0.2) is 31.0 Å². The molecule has 3 N–H and O–H groups in total. The second-order valence-corrected chi connectivity index (χ2v) is 6.12. The minimum absolute atomic E-state index is 0. The van der Waals surface area contributed by atoms with E-state index in [0.29, 0.717) is 24.7 Å². The largest absolute Gasteiger partial charge is 0.357 e. The summed E-state index contributed by atoms with van der Waals surface area (Å²) in [6, 6.07) is 8.21. The van der Waals surface area contributed by atoms with Crippen molar-refractivity contribution in [2.75, 3.05) is 13.1 Å². The van der Waals surface area contributed by atoms with Crippen LogP contribution >= 0.6 is 24.0 Å². The number of hydrogen-bond acceptors (Lipinski definition) is 2. The third-order valence-electron chi connectivity index (χ3n) is 3.92. The summed E-state index contributed by atoms with van der Waals surface area (Å²) < 4.78 is 0. The first-order chi connectivity index (χ1) is 11.1. The highest BCUT2D eigenvalue weighted by molar-refractivity contribution is 14.0. The van der Waals surface area contributed by atoms with Gasteiger partial charge in [-0.25, -0.2) is 4.99 Å². The van der Waals surface area contributed by atoms with Crippen molar-refractivity contribution >= 4 is 35.8 Å². The summed E-state index contributed by atoms with van der Waals surface area (Å²) in [6.45, 7) is 8.44. The van der Waals surface area contributed by atoms with Crippen molar-refractivity contribution < 1.29 is 4.79 Å². The molecule has 2 atom stereocenters. The van der Waals surface area contributed by atoms with E-state index in [4.69, 9.17) is 0 Å². The lowest BCUT2D eigenvalue weighted by Crippen LogP contribution is -2.39. The molecule has 2 unspecified atom stereocenters. The number of hydrogen-bond donors (Lipinski definition) is 3. The summed E-state index contributed by atoms with van der Waals surface area (Å²) >= 11 is 0. The highest BCUT2D eigenvalue weighted by Crippen LogP contribution is 2.28. The Hall–Kier alpha value is -1.31. The maximum absolute atomic E-state index is 12.0. The average molecular weight is 444 g/mol. The van der Waals surface area contributed by atoms with Crippen LogP contribution < -0.4 is 16.0 Å². The maximum atomic E-state index is 12.0. The Morgan fingerprint density at radius 3 is 2.67 bits per heavy atom. The number of aliphatic imine (C=N–C) groups is 1. The number of halogens is 1. The van der Waals surface area contributed by atoms with Gasteiger partial charge in [0.15, 0.2) is 5.96 Å². The van der Waals surface area contributed by atoms with Crippen LogP contribution in [0.25, 0.3) is 0 Å². The predicted octanol–water partition coefficient (Wildman–Crippen LogP) is 2.91. The Labute approximate surface area is 162 Å². The van der Waals surface area contributed by atoms with Crippen LogP contribution in [0.15, 0.2) is 29.3 Å². The molecule has 2 rings (SSSR count). The number of nitrogens with one attached hydrogen (secondary N) is 3. The summed E-state index contributed by atoms with van der Waals surface area (Å²) in [7, 11) is 0. The number of amides is 1. The first kappa shape index (κ1) is 20.7. The molecule has 0 aliphatic heterocycles. The normalized spacial score (nSPS) is 19.2. The SMILES string of the molecule is CCCNC(=O)c1cccc(CN=C(NCC)NC2CC2C)c1.I. The lowest BCUT2D eigenvalue weighted by molar-refractivity contribution is 0.0953. The van der Waals surface area contributed by atoms with Gasteiger partial charge in [-0.3, -0.25) is 4.79 Å². The molecule has 1 aliphatic carbocycles. The summed E-state index contributed by atoms with van der Waals surface area (Å²) in [5.74, 6) is 1.56. The van der Waals surface area contributed by atoms with Crippen molar-refractivity contribution in [3.8, 4) is 0 Å². The van der Waals surface area contributed by atoms with Crippen LogP contribution in [0.1, 0.15) is 49.5 Å². The van der Waals surface area contributed by atoms with Crippen molar-refractivity contribution in [2.45, 2.75) is 46.2 Å². The molecule has 0 saturated heterocycles. The van der Waals surface area contributed by atoms with Crippen LogP contribution in [0.2, 0.25) is 0 Å². The van der Waals surface area contributed by atoms with Gasteiger partial charge in [0.25, 0.3) is 5.91 Å². The molecule has 0 aromatic heterocycles. The molecule has 0 bridgehead atoms. The minimum atomic E-state index is -0.0190. The number of benzene rings is 1. The zero-order valence-electron chi connectivity index (χ0n) is 14.8. The second-order valence-electron chi connectivity index (χ2n) is 6.12. The monoisotopic (exact) mass is 444 g/mol. The van der Waals surface area contributed by atoms with Crippen molar-refractivity contribution in [1.29, 1.82) is 0 Å². The van der Waals surface area contributed by atoms with Gasteiger partial charge >= 0.3 is 0 Å². The van der Waals surface area contributed by atoms with Gasteiger partial charge < -0.3 is 16.0 Å². The molecule has 1 saturated carbocycles. The first-order valence-electron chi connectivity index (χ1n) is 8.56. The van der Waals surface area contributed by atoms with Crippen LogP contribution in [-0.2, 0) is 6.54 Å². The molecule has 24 heavy (non-hydrogen) atoms. The highest BCUT2D eigenvalue weighted by atomic mass is 127. The molecule has 1 aliphatic rings. The van der Waals surface area contributed by atoms with E-state index < -0.39 is 0 Å². The molecule has 1 aromatic carbocycles. The van der Waals surface area contributed by atoms with Crippen molar-refractivity contribution in [1.82, 2.24) is 16.0 Å². The van der Waals surface area contributed by atoms with E-state index in [9.17, 15) is 4.79 Å². The zero-order valence-corrected chi connectivity index (χ0v) is 17.1. The smallest absolute Gasteiger partial charge is 0.251 e. The van der Waals surface area contributed by atoms with Crippen molar-refractivity contribution in [3.63, 3.8) is 0 Å². The van der Waals surface area contributed by atoms with Crippen LogP contribution in [0.4, 0.5) is 0 Å². The molecule has 134 valence electrons. The van der Waals surface area contributed by atoms with Crippen LogP contribution in [0.3, 0.4) is 0 Å². The van der Waals surface area contributed by atoms with Gasteiger partial charge in [-0.2, -0.15) is 0 Å². The predicted molar refractivity (Wildman–Crippen MR) is 110 cm³/mol. The minimum Gasteiger partial charge on any atom is -0.357 e. The van der Waals surface area contributed by atoms with Gasteiger partial charge in [0.2, 0.25) is 0 Å². The summed E-state index contributed by atoms with van der Waals surface area (Å²) in [5.41, 5.74) is 1.73. The lowest BCUT2D eigenvalue weighted by atomic mass is 10.1. The van der Waals surface area contributed by atoms with Gasteiger partial charge in [-0.1, -0.05) is 26.0 Å². The first-order valence-corrected chi connectivity index (χ1v) is 8.56. The topological polar surface area (TPSA) is 65.5 Å². The van der Waals surface area contributed by atoms with Gasteiger partial charge in [0, 0.05) is 24.7 Å². The third kappa shape index (κ3) is 6.67. The van der Waals surface area contributed by atoms with E-state index in [2.05, 4.69) is 34.8 Å². The molecule has 6 heteroatoms. The van der Waals surface area contributed by atoms with Gasteiger partial charge in [-0.05, 0) is 43.4 Å². The quantitative estimate of drug-likeness (QED) is 0.344. The summed E-state index contributed by atoms with van der Waals surface area (Å²) in [6.07, 6.45) is 2.14. The fourth-order valence-corrected chi connectivity index (χ4v) is 2.34. The standard InChI is InChI=1S/C18H28N4O.HI/c1-4-9-20-17(23)15-8-6-7-14(11-15)12-21-18(19-5-2)22-16-10-13(16)3;/h6-8,11,13,16H,4-5,9-10,12H2,1-3H3,(H,20,23)(H2,19,21,22);1H. The Bertz CT molecular complexity index is 562. The summed E-state index contributed by atoms with van der Waals surface area (Å²) in [4.78, 5) is 16.6. The number of carbonyl (C=O) groups excluding carboxylic acids is 1. The zero-order chi connectivity index (χ0) is 16.7. The van der Waals surface area contributed by atoms with Crippen LogP contribution in [0, 0.1) is 5.92 Å². The Morgan fingerprint density at radius 1 is 1.29 bits per heavy atom. The van der Waals surface area contributed by atoms with Crippen molar-refractivity contribution in [3.05, 3.63) is 35.4 Å². The molecule has 5 nitrogen and oxygen atoms in total. The number of rotatable bonds is 7. The van der Waals surface area contributed by atoms with E-state index in [1.54, 1.807) is 0 Å². The average Bonchev–Trinajstić information content (AvgIpc) is 3.25. The molecule has 0 spiro atoms. The number of guanidine groups is 1. The molecule has 0 heterocycles. The number of carbonyl (C=O) groups is 1. The summed E-state index contributed by atoms with van der Waals surface area (Å²) in [5, 5.41) is 9.61. The fourth-order valence-electron chi connectivity index (χ4n) is 2.34. The van der Waals surface area contributed by atoms with Crippen LogP contribution in [0.5, 0.6) is 0 Å². The third-order valence-corrected chi connectivity index (χ3v) is 3.92. The Morgan fingerprint density at radius 2 is 2.04 bits per heavy atom. The Kier molecular flexibility index (Phi) is 9.10. The van der Waals surface area contributed by atoms with E-state index >= 15 is 0 Å². The molecular formula is C18H29IN4O. The van der Waals surface area contributed by atoms with Gasteiger partial charge in [-0.15, -0.1) is 24.0 Å².